The van der Waals surface area contributed by atoms with E-state index in [1.807, 2.05) is 37.4 Å². The third-order valence-electron chi connectivity index (χ3n) is 3.90. The topological polar surface area (TPSA) is 49.0 Å². The highest BCUT2D eigenvalue weighted by Gasteiger charge is 2.22. The van der Waals surface area contributed by atoms with E-state index in [9.17, 15) is 10.4 Å². The summed E-state index contributed by atoms with van der Waals surface area (Å²) >= 11 is 0. The molecular weight excluding hydrogens is 236 g/mol. The summed E-state index contributed by atoms with van der Waals surface area (Å²) in [6, 6.07) is 10.1. The van der Waals surface area contributed by atoms with Crippen LogP contribution in [0.2, 0.25) is 0 Å². The van der Waals surface area contributed by atoms with Crippen LogP contribution in [-0.4, -0.2) is 9.67 Å². The van der Waals surface area contributed by atoms with Crippen LogP contribution in [0.4, 0.5) is 0 Å². The van der Waals surface area contributed by atoms with Gasteiger partial charge in [-0.05, 0) is 43.9 Å². The number of aliphatic hydroxyl groups is 1. The normalized spacial score (nSPS) is 17.8. The molecule has 0 bridgehead atoms. The maximum atomic E-state index is 10.0. The summed E-state index contributed by atoms with van der Waals surface area (Å²) in [5.74, 6) is 0. The van der Waals surface area contributed by atoms with Gasteiger partial charge in [0.05, 0.1) is 17.4 Å². The van der Waals surface area contributed by atoms with Crippen molar-refractivity contribution in [2.75, 3.05) is 0 Å². The van der Waals surface area contributed by atoms with Gasteiger partial charge >= 0.3 is 0 Å². The average molecular weight is 252 g/mol. The second-order valence-corrected chi connectivity index (χ2v) is 5.08. The number of nitriles is 1. The van der Waals surface area contributed by atoms with Gasteiger partial charge in [0.2, 0.25) is 0 Å². The van der Waals surface area contributed by atoms with E-state index in [1.54, 1.807) is 0 Å². The minimum Gasteiger partial charge on any atom is -0.388 e. The third-order valence-corrected chi connectivity index (χ3v) is 3.90. The predicted octanol–water partition coefficient (Wildman–Crippen LogP) is 3.03. The lowest BCUT2D eigenvalue weighted by Crippen LogP contribution is -2.11. The first kappa shape index (κ1) is 12.0. The molecule has 1 heterocycles. The second-order valence-electron chi connectivity index (χ2n) is 5.08. The van der Waals surface area contributed by atoms with E-state index in [-0.39, 0.29) is 6.10 Å². The zero-order valence-electron chi connectivity index (χ0n) is 10.9. The van der Waals surface area contributed by atoms with Gasteiger partial charge in [0, 0.05) is 17.5 Å². The van der Waals surface area contributed by atoms with Crippen molar-refractivity contribution in [1.82, 2.24) is 4.57 Å². The number of nitrogens with zero attached hydrogens (tertiary/aromatic N) is 2. The molecule has 0 saturated carbocycles. The van der Waals surface area contributed by atoms with Gasteiger partial charge in [0.25, 0.3) is 0 Å². The third kappa shape index (κ3) is 1.85. The van der Waals surface area contributed by atoms with Gasteiger partial charge in [-0.3, -0.25) is 0 Å². The summed E-state index contributed by atoms with van der Waals surface area (Å²) in [4.78, 5) is 0. The van der Waals surface area contributed by atoms with Gasteiger partial charge < -0.3 is 9.67 Å². The molecule has 1 aliphatic carbocycles. The van der Waals surface area contributed by atoms with Crippen LogP contribution in [0.5, 0.6) is 0 Å². The highest BCUT2D eigenvalue weighted by Crippen LogP contribution is 2.32. The quantitative estimate of drug-likeness (QED) is 0.848. The number of fused-ring (bicyclic) bond motifs is 1. The molecule has 1 aliphatic rings. The van der Waals surface area contributed by atoms with Gasteiger partial charge in [-0.15, -0.1) is 0 Å². The van der Waals surface area contributed by atoms with Gasteiger partial charge in [0.15, 0.2) is 0 Å². The molecule has 2 aromatic rings. The smallest absolute Gasteiger partial charge is 0.102 e. The molecular formula is C16H16N2O. The van der Waals surface area contributed by atoms with Gasteiger partial charge in [-0.25, -0.2) is 0 Å². The monoisotopic (exact) mass is 252 g/mol. The first-order chi connectivity index (χ1) is 9.22. The molecule has 96 valence electrons. The standard InChI is InChI=1S/C16H16N2O/c1-11-4-2-5-15(13(11)10-17)18-9-8-12-14(18)6-3-7-16(12)19/h2,4-5,8-9,16,19H,3,6-7H2,1H3. The molecule has 1 atom stereocenters. The average Bonchev–Trinajstić information content (AvgIpc) is 2.83. The van der Waals surface area contributed by atoms with E-state index in [0.29, 0.717) is 5.56 Å². The fraction of sp³-hybridized carbons (Fsp3) is 0.312. The lowest BCUT2D eigenvalue weighted by atomic mass is 9.95. The summed E-state index contributed by atoms with van der Waals surface area (Å²) in [6.45, 7) is 1.95. The fourth-order valence-electron chi connectivity index (χ4n) is 2.89. The van der Waals surface area contributed by atoms with Gasteiger partial charge in [-0.2, -0.15) is 5.26 Å². The lowest BCUT2D eigenvalue weighted by molar-refractivity contribution is 0.156. The molecule has 1 aromatic carbocycles. The van der Waals surface area contributed by atoms with Crippen molar-refractivity contribution in [2.45, 2.75) is 32.3 Å². The minimum atomic E-state index is -0.361. The summed E-state index contributed by atoms with van der Waals surface area (Å²) in [7, 11) is 0. The number of aromatic nitrogens is 1. The number of rotatable bonds is 1. The van der Waals surface area contributed by atoms with E-state index in [0.717, 1.165) is 41.8 Å². The minimum absolute atomic E-state index is 0.361. The summed E-state index contributed by atoms with van der Waals surface area (Å²) < 4.78 is 2.06. The van der Waals surface area contributed by atoms with E-state index >= 15 is 0 Å². The van der Waals surface area contributed by atoms with Crippen LogP contribution in [-0.2, 0) is 6.42 Å². The Hall–Kier alpha value is -2.05. The molecule has 3 rings (SSSR count). The van der Waals surface area contributed by atoms with Gasteiger partial charge in [0.1, 0.15) is 6.07 Å². The maximum Gasteiger partial charge on any atom is 0.102 e. The second kappa shape index (κ2) is 4.56. The number of hydrogen-bond acceptors (Lipinski definition) is 2. The Morgan fingerprint density at radius 2 is 2.21 bits per heavy atom. The van der Waals surface area contributed by atoms with Crippen molar-refractivity contribution in [1.29, 1.82) is 5.26 Å². The Bertz CT molecular complexity index is 664. The Morgan fingerprint density at radius 3 is 3.00 bits per heavy atom. The molecule has 3 heteroatoms. The van der Waals surface area contributed by atoms with E-state index in [1.165, 1.54) is 0 Å². The highest BCUT2D eigenvalue weighted by atomic mass is 16.3. The molecule has 0 aliphatic heterocycles. The van der Waals surface area contributed by atoms with Crippen LogP contribution in [0.15, 0.2) is 30.5 Å². The van der Waals surface area contributed by atoms with Crippen molar-refractivity contribution in [3.63, 3.8) is 0 Å². The molecule has 3 nitrogen and oxygen atoms in total. The fourth-order valence-corrected chi connectivity index (χ4v) is 2.89. The van der Waals surface area contributed by atoms with Crippen molar-refractivity contribution in [2.24, 2.45) is 0 Å². The summed E-state index contributed by atoms with van der Waals surface area (Å²) in [5.41, 5.74) is 4.76. The van der Waals surface area contributed by atoms with Crippen LogP contribution in [0.3, 0.4) is 0 Å². The number of aryl methyl sites for hydroxylation is 1. The van der Waals surface area contributed by atoms with Crippen molar-refractivity contribution >= 4 is 0 Å². The lowest BCUT2D eigenvalue weighted by Gasteiger charge is -2.20. The van der Waals surface area contributed by atoms with Crippen LogP contribution >= 0.6 is 0 Å². The largest absolute Gasteiger partial charge is 0.388 e. The van der Waals surface area contributed by atoms with Crippen molar-refractivity contribution in [3.8, 4) is 11.8 Å². The zero-order valence-corrected chi connectivity index (χ0v) is 10.9. The van der Waals surface area contributed by atoms with E-state index in [2.05, 4.69) is 10.6 Å². The number of hydrogen-bond donors (Lipinski definition) is 1. The molecule has 1 aromatic heterocycles. The first-order valence-electron chi connectivity index (χ1n) is 6.60. The molecule has 1 N–H and O–H groups in total. The molecule has 0 fully saturated rings. The van der Waals surface area contributed by atoms with Crippen molar-refractivity contribution < 1.29 is 5.11 Å². The molecule has 0 spiro atoms. The van der Waals surface area contributed by atoms with Crippen LogP contribution in [0.1, 0.15) is 41.3 Å². The van der Waals surface area contributed by atoms with Crippen molar-refractivity contribution in [3.05, 3.63) is 52.8 Å². The molecule has 1 unspecified atom stereocenters. The zero-order chi connectivity index (χ0) is 13.4. The molecule has 0 radical (unpaired) electrons. The SMILES string of the molecule is Cc1cccc(-n2ccc3c2CCCC3O)c1C#N. The Labute approximate surface area is 112 Å². The Kier molecular flexibility index (Phi) is 2.88. The maximum absolute atomic E-state index is 10.0. The van der Waals surface area contributed by atoms with Crippen LogP contribution < -0.4 is 0 Å². The summed E-state index contributed by atoms with van der Waals surface area (Å²) in [5, 5.41) is 19.4. The van der Waals surface area contributed by atoms with Crippen LogP contribution in [0.25, 0.3) is 5.69 Å². The molecule has 19 heavy (non-hydrogen) atoms. The number of aliphatic hydroxyl groups excluding tert-OH is 1. The predicted molar refractivity (Wildman–Crippen MR) is 73.1 cm³/mol. The molecule has 0 amide bonds. The van der Waals surface area contributed by atoms with Gasteiger partial charge in [-0.1, -0.05) is 12.1 Å². The Balaban J connectivity index is 2.19. The highest BCUT2D eigenvalue weighted by molar-refractivity contribution is 5.55. The van der Waals surface area contributed by atoms with E-state index in [4.69, 9.17) is 0 Å². The molecule has 0 saturated heterocycles. The Morgan fingerprint density at radius 1 is 1.37 bits per heavy atom. The number of benzene rings is 1. The summed E-state index contributed by atoms with van der Waals surface area (Å²) in [6.07, 6.45) is 4.38. The first-order valence-corrected chi connectivity index (χ1v) is 6.60. The van der Waals surface area contributed by atoms with E-state index < -0.39 is 0 Å². The van der Waals surface area contributed by atoms with Crippen LogP contribution in [0, 0.1) is 18.3 Å².